The Hall–Kier alpha value is -0.480. The number of hydrogen-bond donors (Lipinski definition) is 1. The fourth-order valence-corrected chi connectivity index (χ4v) is 2.60. The van der Waals surface area contributed by atoms with Crippen molar-refractivity contribution in [2.45, 2.75) is 45.6 Å². The van der Waals surface area contributed by atoms with E-state index in [1.165, 1.54) is 6.42 Å². The Morgan fingerprint density at radius 3 is 2.39 bits per heavy atom. The summed E-state index contributed by atoms with van der Waals surface area (Å²) in [4.78, 5) is 13.8. The number of carbonyl (C=O) groups excluding carboxylic acids is 1. The monoisotopic (exact) mass is 276 g/mol. The highest BCUT2D eigenvalue weighted by Crippen LogP contribution is 2.35. The second-order valence-corrected chi connectivity index (χ2v) is 6.42. The van der Waals surface area contributed by atoms with E-state index in [9.17, 15) is 4.79 Å². The molecule has 18 heavy (non-hydrogen) atoms. The zero-order valence-electron chi connectivity index (χ0n) is 11.6. The maximum atomic E-state index is 12.0. The van der Waals surface area contributed by atoms with Gasteiger partial charge in [-0.25, -0.2) is 4.79 Å². The van der Waals surface area contributed by atoms with Gasteiger partial charge in [-0.1, -0.05) is 0 Å². The van der Waals surface area contributed by atoms with E-state index in [1.807, 2.05) is 25.7 Å². The zero-order chi connectivity index (χ0) is 12.5. The molecule has 0 unspecified atom stereocenters. The van der Waals surface area contributed by atoms with E-state index < -0.39 is 0 Å². The second kappa shape index (κ2) is 5.66. The standard InChI is InChI=1S/C13H24N2O2.ClH/c1-12(2,3)17-11(16)15-7-4-5-13(6-8-15)9-14-10-13;/h14H,4-10H2,1-3H3;1H. The molecule has 0 aromatic heterocycles. The van der Waals surface area contributed by atoms with E-state index in [0.29, 0.717) is 5.41 Å². The highest BCUT2D eigenvalue weighted by molar-refractivity contribution is 5.85. The molecule has 0 aromatic carbocycles. The lowest BCUT2D eigenvalue weighted by molar-refractivity contribution is 0.0245. The lowest BCUT2D eigenvalue weighted by Crippen LogP contribution is -2.53. The Labute approximate surface area is 116 Å². The number of rotatable bonds is 0. The highest BCUT2D eigenvalue weighted by Gasteiger charge is 2.39. The largest absolute Gasteiger partial charge is 0.444 e. The van der Waals surface area contributed by atoms with Gasteiger partial charge in [-0.2, -0.15) is 0 Å². The molecular weight excluding hydrogens is 252 g/mol. The predicted octanol–water partition coefficient (Wildman–Crippen LogP) is 2.42. The molecule has 2 aliphatic rings. The molecule has 106 valence electrons. The lowest BCUT2D eigenvalue weighted by Gasteiger charge is -2.42. The number of halogens is 1. The molecule has 2 aliphatic heterocycles. The van der Waals surface area contributed by atoms with Gasteiger partial charge in [0.1, 0.15) is 5.60 Å². The molecule has 2 rings (SSSR count). The molecular formula is C13H25ClN2O2. The molecule has 0 bridgehead atoms. The van der Waals surface area contributed by atoms with E-state index in [2.05, 4.69) is 5.32 Å². The Kier molecular flexibility index (Phi) is 4.90. The van der Waals surface area contributed by atoms with E-state index >= 15 is 0 Å². The summed E-state index contributed by atoms with van der Waals surface area (Å²) in [5, 5.41) is 3.35. The van der Waals surface area contributed by atoms with Gasteiger partial charge in [0.15, 0.2) is 0 Å². The van der Waals surface area contributed by atoms with E-state index in [4.69, 9.17) is 4.74 Å². The van der Waals surface area contributed by atoms with E-state index in [1.54, 1.807) is 0 Å². The van der Waals surface area contributed by atoms with Crippen molar-refractivity contribution >= 4 is 18.5 Å². The first-order valence-electron chi connectivity index (χ1n) is 6.59. The van der Waals surface area contributed by atoms with Crippen molar-refractivity contribution in [3.63, 3.8) is 0 Å². The summed E-state index contributed by atoms with van der Waals surface area (Å²) in [6.07, 6.45) is 3.29. The van der Waals surface area contributed by atoms with Gasteiger partial charge in [0.05, 0.1) is 0 Å². The Bertz CT molecular complexity index is 298. The summed E-state index contributed by atoms with van der Waals surface area (Å²) >= 11 is 0. The van der Waals surface area contributed by atoms with Crippen LogP contribution in [-0.4, -0.2) is 42.8 Å². The molecule has 0 aliphatic carbocycles. The first kappa shape index (κ1) is 15.6. The molecule has 1 spiro atoms. The van der Waals surface area contributed by atoms with Gasteiger partial charge in [0.25, 0.3) is 0 Å². The topological polar surface area (TPSA) is 41.6 Å². The Morgan fingerprint density at radius 2 is 1.89 bits per heavy atom. The smallest absolute Gasteiger partial charge is 0.410 e. The fraction of sp³-hybridized carbons (Fsp3) is 0.923. The van der Waals surface area contributed by atoms with Crippen molar-refractivity contribution in [2.75, 3.05) is 26.2 Å². The summed E-state index contributed by atoms with van der Waals surface area (Å²) in [6, 6.07) is 0. The molecule has 0 radical (unpaired) electrons. The number of hydrogen-bond acceptors (Lipinski definition) is 3. The molecule has 0 saturated carbocycles. The molecule has 5 heteroatoms. The summed E-state index contributed by atoms with van der Waals surface area (Å²) in [5.41, 5.74) is 0.0792. The van der Waals surface area contributed by atoms with Gasteiger partial charge in [0, 0.05) is 26.2 Å². The van der Waals surface area contributed by atoms with Crippen LogP contribution in [-0.2, 0) is 4.74 Å². The first-order chi connectivity index (χ1) is 7.90. The van der Waals surface area contributed by atoms with Crippen LogP contribution in [0.2, 0.25) is 0 Å². The second-order valence-electron chi connectivity index (χ2n) is 6.42. The molecule has 1 amide bonds. The minimum absolute atomic E-state index is 0. The van der Waals surface area contributed by atoms with Crippen molar-refractivity contribution in [2.24, 2.45) is 5.41 Å². The summed E-state index contributed by atoms with van der Waals surface area (Å²) in [6.45, 7) is 9.68. The lowest BCUT2D eigenvalue weighted by atomic mass is 9.75. The predicted molar refractivity (Wildman–Crippen MR) is 74.2 cm³/mol. The number of nitrogens with one attached hydrogen (secondary N) is 1. The molecule has 2 saturated heterocycles. The van der Waals surface area contributed by atoms with Crippen molar-refractivity contribution in [3.05, 3.63) is 0 Å². The molecule has 0 aromatic rings. The van der Waals surface area contributed by atoms with Gasteiger partial charge in [-0.05, 0) is 45.4 Å². The number of carbonyl (C=O) groups is 1. The van der Waals surface area contributed by atoms with Crippen LogP contribution >= 0.6 is 12.4 Å². The number of amides is 1. The molecule has 2 fully saturated rings. The normalized spacial score (nSPS) is 22.7. The van der Waals surface area contributed by atoms with Crippen LogP contribution in [0.25, 0.3) is 0 Å². The van der Waals surface area contributed by atoms with Crippen LogP contribution < -0.4 is 5.32 Å². The fourth-order valence-electron chi connectivity index (χ4n) is 2.60. The third kappa shape index (κ3) is 3.75. The SMILES string of the molecule is CC(C)(C)OC(=O)N1CCCC2(CC1)CNC2.Cl. The van der Waals surface area contributed by atoms with Gasteiger partial charge in [-0.3, -0.25) is 0 Å². The third-order valence-corrected chi connectivity index (χ3v) is 3.70. The minimum Gasteiger partial charge on any atom is -0.444 e. The van der Waals surface area contributed by atoms with Crippen LogP contribution in [0.4, 0.5) is 4.79 Å². The van der Waals surface area contributed by atoms with E-state index in [-0.39, 0.29) is 24.1 Å². The van der Waals surface area contributed by atoms with Gasteiger partial charge >= 0.3 is 6.09 Å². The summed E-state index contributed by atoms with van der Waals surface area (Å²) in [5.74, 6) is 0. The molecule has 1 N–H and O–H groups in total. The highest BCUT2D eigenvalue weighted by atomic mass is 35.5. The van der Waals surface area contributed by atoms with Crippen LogP contribution in [0.1, 0.15) is 40.0 Å². The van der Waals surface area contributed by atoms with Gasteiger partial charge < -0.3 is 15.0 Å². The van der Waals surface area contributed by atoms with Crippen molar-refractivity contribution in [3.8, 4) is 0 Å². The average Bonchev–Trinajstić information content (AvgIpc) is 2.35. The molecule has 4 nitrogen and oxygen atoms in total. The molecule has 0 atom stereocenters. The maximum absolute atomic E-state index is 12.0. The number of nitrogens with zero attached hydrogens (tertiary/aromatic N) is 1. The summed E-state index contributed by atoms with van der Waals surface area (Å²) < 4.78 is 5.42. The van der Waals surface area contributed by atoms with Crippen LogP contribution in [0.5, 0.6) is 0 Å². The van der Waals surface area contributed by atoms with Gasteiger partial charge in [-0.15, -0.1) is 12.4 Å². The van der Waals surface area contributed by atoms with Gasteiger partial charge in [0.2, 0.25) is 0 Å². The van der Waals surface area contributed by atoms with E-state index in [0.717, 1.165) is 39.0 Å². The molecule has 2 heterocycles. The number of ether oxygens (including phenoxy) is 1. The third-order valence-electron chi connectivity index (χ3n) is 3.70. The minimum atomic E-state index is -0.390. The zero-order valence-corrected chi connectivity index (χ0v) is 12.4. The van der Waals surface area contributed by atoms with Crippen LogP contribution in [0.15, 0.2) is 0 Å². The van der Waals surface area contributed by atoms with Crippen molar-refractivity contribution in [1.82, 2.24) is 10.2 Å². The Morgan fingerprint density at radius 1 is 1.22 bits per heavy atom. The summed E-state index contributed by atoms with van der Waals surface area (Å²) in [7, 11) is 0. The van der Waals surface area contributed by atoms with Crippen molar-refractivity contribution < 1.29 is 9.53 Å². The average molecular weight is 277 g/mol. The maximum Gasteiger partial charge on any atom is 0.410 e. The van der Waals surface area contributed by atoms with Crippen LogP contribution in [0.3, 0.4) is 0 Å². The van der Waals surface area contributed by atoms with Crippen LogP contribution in [0, 0.1) is 5.41 Å². The first-order valence-corrected chi connectivity index (χ1v) is 6.59. The number of likely N-dealkylation sites (tertiary alicyclic amines) is 1. The quantitative estimate of drug-likeness (QED) is 0.739. The Balaban J connectivity index is 0.00000162. The van der Waals surface area contributed by atoms with Crippen molar-refractivity contribution in [1.29, 1.82) is 0 Å².